The first kappa shape index (κ1) is 22.3. The Morgan fingerprint density at radius 2 is 1.67 bits per heavy atom. The molecule has 0 spiro atoms. The van der Waals surface area contributed by atoms with Crippen molar-refractivity contribution in [2.45, 2.75) is 13.3 Å². The van der Waals surface area contributed by atoms with Crippen LogP contribution >= 0.6 is 43.5 Å². The van der Waals surface area contributed by atoms with Crippen LogP contribution in [-0.4, -0.2) is 5.71 Å². The molecule has 1 atom stereocenters. The highest BCUT2D eigenvalue weighted by molar-refractivity contribution is 9.10. The molecule has 0 bridgehead atoms. The normalized spacial score (nSPS) is 17.2. The van der Waals surface area contributed by atoms with Gasteiger partial charge in [-0.25, -0.2) is 0 Å². The number of fused-ring (bicyclic) bond motifs is 1. The minimum Gasteiger partial charge on any atom is -0.358 e. The zero-order chi connectivity index (χ0) is 23.1. The Kier molecular flexibility index (Phi) is 6.08. The van der Waals surface area contributed by atoms with Crippen molar-refractivity contribution in [1.82, 2.24) is 0 Å². The van der Waals surface area contributed by atoms with E-state index in [1.165, 1.54) is 0 Å². The lowest BCUT2D eigenvalue weighted by Gasteiger charge is -2.40. The minimum absolute atomic E-state index is 0.0546. The summed E-state index contributed by atoms with van der Waals surface area (Å²) in [5, 5.41) is 17.0. The average molecular weight is 585 g/mol. The van der Waals surface area contributed by atoms with Crippen LogP contribution in [0.4, 0.5) is 22.7 Å². The minimum atomic E-state index is -0.0546. The molecule has 0 fully saturated rings. The fourth-order valence-electron chi connectivity index (χ4n) is 4.30. The van der Waals surface area contributed by atoms with E-state index < -0.39 is 0 Å². The number of halogens is 3. The summed E-state index contributed by atoms with van der Waals surface area (Å²) in [7, 11) is 0. The molecule has 7 heteroatoms. The van der Waals surface area contributed by atoms with E-state index in [1.807, 2.05) is 54.6 Å². The van der Waals surface area contributed by atoms with Gasteiger partial charge in [-0.15, -0.1) is 0 Å². The number of anilines is 4. The molecule has 0 saturated carbocycles. The summed E-state index contributed by atoms with van der Waals surface area (Å²) in [6.45, 7) is 2.12. The van der Waals surface area contributed by atoms with E-state index in [0.717, 1.165) is 55.2 Å². The SMILES string of the molecule is CCC1C(=N)C2=C(C=C1Nc1ccc(Br)cc1)Nc1cc(Cl)ccc1N2c1ccc(Br)cc1. The molecule has 1 unspecified atom stereocenters. The van der Waals surface area contributed by atoms with Gasteiger partial charge in [0.15, 0.2) is 0 Å². The zero-order valence-electron chi connectivity index (χ0n) is 17.8. The number of hydrogen-bond acceptors (Lipinski definition) is 4. The van der Waals surface area contributed by atoms with Crippen LogP contribution in [0.5, 0.6) is 0 Å². The van der Waals surface area contributed by atoms with Gasteiger partial charge in [0.25, 0.3) is 0 Å². The molecule has 1 aliphatic heterocycles. The third kappa shape index (κ3) is 4.23. The second kappa shape index (κ2) is 9.01. The Morgan fingerprint density at radius 1 is 1.00 bits per heavy atom. The largest absolute Gasteiger partial charge is 0.358 e. The van der Waals surface area contributed by atoms with Gasteiger partial charge >= 0.3 is 0 Å². The Morgan fingerprint density at radius 3 is 2.33 bits per heavy atom. The van der Waals surface area contributed by atoms with Crippen molar-refractivity contribution in [3.63, 3.8) is 0 Å². The van der Waals surface area contributed by atoms with Gasteiger partial charge in [-0.2, -0.15) is 0 Å². The molecular formula is C26H21Br2ClN4. The van der Waals surface area contributed by atoms with Crippen LogP contribution in [0.15, 0.2) is 98.8 Å². The fraction of sp³-hybridized carbons (Fsp3) is 0.115. The molecule has 3 N–H and O–H groups in total. The lowest BCUT2D eigenvalue weighted by atomic mass is 9.86. The van der Waals surface area contributed by atoms with Crippen LogP contribution < -0.4 is 15.5 Å². The third-order valence-corrected chi connectivity index (χ3v) is 7.14. The van der Waals surface area contributed by atoms with Crippen LogP contribution in [0, 0.1) is 11.3 Å². The second-order valence-corrected chi connectivity index (χ2v) is 10.2. The van der Waals surface area contributed by atoms with Crippen molar-refractivity contribution in [2.24, 2.45) is 5.92 Å². The first-order valence-electron chi connectivity index (χ1n) is 10.6. The summed E-state index contributed by atoms with van der Waals surface area (Å²) in [6, 6.07) is 22.1. The maximum absolute atomic E-state index is 9.24. The van der Waals surface area contributed by atoms with Gasteiger partial charge in [0, 0.05) is 37.0 Å². The lowest BCUT2D eigenvalue weighted by molar-refractivity contribution is 0.754. The summed E-state index contributed by atoms with van der Waals surface area (Å²) in [4.78, 5) is 2.15. The quantitative estimate of drug-likeness (QED) is 0.288. The van der Waals surface area contributed by atoms with Crippen molar-refractivity contribution in [3.8, 4) is 0 Å². The molecule has 0 saturated heterocycles. The van der Waals surface area contributed by atoms with Gasteiger partial charge in [0.2, 0.25) is 0 Å². The smallest absolute Gasteiger partial charge is 0.0915 e. The Hall–Kier alpha value is -2.54. The standard InChI is InChI=1S/C26H21Br2ClN4/c1-2-20-21(31-18-8-3-15(27)4-9-18)14-23-26(25(20)30)33(19-10-5-16(28)6-11-19)24-12-7-17(29)13-22(24)32-23/h3-14,20,30-32H,2H2,1H3. The lowest BCUT2D eigenvalue weighted by Crippen LogP contribution is -2.37. The highest BCUT2D eigenvalue weighted by atomic mass is 79.9. The van der Waals surface area contributed by atoms with Crippen molar-refractivity contribution in [2.75, 3.05) is 15.5 Å². The molecular weight excluding hydrogens is 564 g/mol. The second-order valence-electron chi connectivity index (χ2n) is 7.97. The Balaban J connectivity index is 1.65. The Bertz CT molecular complexity index is 1300. The molecule has 1 heterocycles. The summed E-state index contributed by atoms with van der Waals surface area (Å²) in [5.74, 6) is -0.0546. The van der Waals surface area contributed by atoms with Crippen molar-refractivity contribution >= 4 is 71.9 Å². The molecule has 33 heavy (non-hydrogen) atoms. The number of allylic oxidation sites excluding steroid dienone is 3. The summed E-state index contributed by atoms with van der Waals surface area (Å²) < 4.78 is 2.04. The highest BCUT2D eigenvalue weighted by Crippen LogP contribution is 2.45. The molecule has 3 aromatic carbocycles. The van der Waals surface area contributed by atoms with Gasteiger partial charge in [-0.3, -0.25) is 0 Å². The van der Waals surface area contributed by atoms with Crippen molar-refractivity contribution in [1.29, 1.82) is 5.41 Å². The topological polar surface area (TPSA) is 51.2 Å². The van der Waals surface area contributed by atoms with Gasteiger partial charge in [0.05, 0.1) is 28.5 Å². The van der Waals surface area contributed by atoms with Gasteiger partial charge < -0.3 is 20.9 Å². The molecule has 2 aliphatic rings. The van der Waals surface area contributed by atoms with E-state index >= 15 is 0 Å². The van der Waals surface area contributed by atoms with Gasteiger partial charge in [0.1, 0.15) is 0 Å². The number of nitrogens with zero attached hydrogens (tertiary/aromatic N) is 1. The molecule has 0 radical (unpaired) electrons. The summed E-state index contributed by atoms with van der Waals surface area (Å²) in [5.41, 5.74) is 7.17. The Labute approximate surface area is 215 Å². The van der Waals surface area contributed by atoms with Crippen LogP contribution in [0.1, 0.15) is 13.3 Å². The maximum Gasteiger partial charge on any atom is 0.0915 e. The van der Waals surface area contributed by atoms with Gasteiger partial charge in [-0.05, 0) is 79.2 Å². The van der Waals surface area contributed by atoms with Crippen LogP contribution in [0.3, 0.4) is 0 Å². The predicted molar refractivity (Wildman–Crippen MR) is 146 cm³/mol. The number of nitrogens with one attached hydrogen (secondary N) is 3. The van der Waals surface area contributed by atoms with Crippen molar-refractivity contribution < 1.29 is 0 Å². The third-order valence-electron chi connectivity index (χ3n) is 5.85. The molecule has 0 amide bonds. The molecule has 166 valence electrons. The number of benzene rings is 3. The number of rotatable bonds is 4. The van der Waals surface area contributed by atoms with E-state index in [-0.39, 0.29) is 5.92 Å². The zero-order valence-corrected chi connectivity index (χ0v) is 21.7. The summed E-state index contributed by atoms with van der Waals surface area (Å²) >= 11 is 13.4. The van der Waals surface area contributed by atoms with E-state index in [2.05, 4.69) is 72.5 Å². The van der Waals surface area contributed by atoms with E-state index in [4.69, 9.17) is 11.6 Å². The number of hydrogen-bond donors (Lipinski definition) is 3. The van der Waals surface area contributed by atoms with Crippen LogP contribution in [0.2, 0.25) is 5.02 Å². The fourth-order valence-corrected chi connectivity index (χ4v) is 5.00. The van der Waals surface area contributed by atoms with E-state index in [0.29, 0.717) is 10.7 Å². The molecule has 0 aromatic heterocycles. The molecule has 4 nitrogen and oxygen atoms in total. The predicted octanol–water partition coefficient (Wildman–Crippen LogP) is 8.70. The average Bonchev–Trinajstić information content (AvgIpc) is 2.80. The van der Waals surface area contributed by atoms with Gasteiger partial charge in [-0.1, -0.05) is 50.4 Å². The van der Waals surface area contributed by atoms with Crippen LogP contribution in [-0.2, 0) is 0 Å². The van der Waals surface area contributed by atoms with E-state index in [1.54, 1.807) is 0 Å². The van der Waals surface area contributed by atoms with E-state index in [9.17, 15) is 5.41 Å². The van der Waals surface area contributed by atoms with Crippen LogP contribution in [0.25, 0.3) is 0 Å². The first-order valence-corrected chi connectivity index (χ1v) is 12.6. The molecule has 3 aromatic rings. The maximum atomic E-state index is 9.24. The summed E-state index contributed by atoms with van der Waals surface area (Å²) in [6.07, 6.45) is 2.94. The highest BCUT2D eigenvalue weighted by Gasteiger charge is 2.36. The van der Waals surface area contributed by atoms with Crippen molar-refractivity contribution in [3.05, 3.63) is 104 Å². The molecule has 5 rings (SSSR count). The monoisotopic (exact) mass is 582 g/mol. The first-order chi connectivity index (χ1) is 15.9. The molecule has 1 aliphatic carbocycles.